The normalized spacial score (nSPS) is 20.7. The van der Waals surface area contributed by atoms with Crippen molar-refractivity contribution in [1.29, 1.82) is 0 Å². The highest BCUT2D eigenvalue weighted by Gasteiger charge is 2.29. The lowest BCUT2D eigenvalue weighted by Gasteiger charge is -2.35. The van der Waals surface area contributed by atoms with Gasteiger partial charge in [-0.05, 0) is 37.5 Å². The van der Waals surface area contributed by atoms with Crippen molar-refractivity contribution in [2.75, 3.05) is 6.54 Å². The Hall–Kier alpha value is -2.18. The van der Waals surface area contributed by atoms with E-state index in [1.165, 1.54) is 18.4 Å². The van der Waals surface area contributed by atoms with E-state index < -0.39 is 0 Å². The number of rotatable bonds is 3. The van der Waals surface area contributed by atoms with Crippen molar-refractivity contribution < 1.29 is 0 Å². The molecule has 1 unspecified atom stereocenters. The molecule has 0 bridgehead atoms. The van der Waals surface area contributed by atoms with Crippen molar-refractivity contribution in [3.05, 3.63) is 57.2 Å². The molecule has 0 amide bonds. The topological polar surface area (TPSA) is 56.0 Å². The third-order valence-electron chi connectivity index (χ3n) is 6.24. The zero-order chi connectivity index (χ0) is 19.3. The average molecular weight is 398 g/mol. The maximum atomic E-state index is 13.1. The summed E-state index contributed by atoms with van der Waals surface area (Å²) in [6.07, 6.45) is 6.40. The van der Waals surface area contributed by atoms with Crippen molar-refractivity contribution in [2.45, 2.75) is 57.8 Å². The number of hydrogen-bond acceptors (Lipinski definition) is 4. The molecule has 1 aliphatic heterocycles. The van der Waals surface area contributed by atoms with E-state index >= 15 is 0 Å². The molecule has 0 spiro atoms. The second-order valence-electron chi connectivity index (χ2n) is 7.96. The summed E-state index contributed by atoms with van der Waals surface area (Å²) in [4.78, 5) is 20.4. The van der Waals surface area contributed by atoms with E-state index in [1.807, 2.05) is 21.4 Å². The number of nitrogens with zero attached hydrogens (tertiary/aromatic N) is 5. The molecule has 7 heteroatoms. The number of hydrogen-bond donors (Lipinski definition) is 0. The number of halogens is 1. The Balaban J connectivity index is 1.52. The molecular weight excluding hydrogens is 374 g/mol. The molecule has 5 rings (SSSR count). The monoisotopic (exact) mass is 397 g/mol. The fraction of sp³-hybridized carbons (Fsp3) is 0.476. The summed E-state index contributed by atoms with van der Waals surface area (Å²) in [5.41, 5.74) is 2.01. The summed E-state index contributed by atoms with van der Waals surface area (Å²) in [6, 6.07) is 8.40. The van der Waals surface area contributed by atoms with E-state index in [-0.39, 0.29) is 11.6 Å². The quantitative estimate of drug-likeness (QED) is 0.671. The van der Waals surface area contributed by atoms with Crippen molar-refractivity contribution in [1.82, 2.24) is 24.2 Å². The van der Waals surface area contributed by atoms with E-state index in [0.717, 1.165) is 42.4 Å². The Kier molecular flexibility index (Phi) is 4.48. The van der Waals surface area contributed by atoms with Crippen LogP contribution in [0.4, 0.5) is 0 Å². The third-order valence-corrected chi connectivity index (χ3v) is 6.50. The zero-order valence-electron chi connectivity index (χ0n) is 16.0. The third kappa shape index (κ3) is 2.95. The Morgan fingerprint density at radius 2 is 1.89 bits per heavy atom. The summed E-state index contributed by atoms with van der Waals surface area (Å²) in [7, 11) is 0. The fourth-order valence-corrected chi connectivity index (χ4v) is 4.74. The van der Waals surface area contributed by atoms with Gasteiger partial charge in [-0.2, -0.15) is 5.10 Å². The van der Waals surface area contributed by atoms with Crippen molar-refractivity contribution >= 4 is 22.6 Å². The molecule has 1 aromatic carbocycles. The predicted octanol–water partition coefficient (Wildman–Crippen LogP) is 3.94. The molecule has 0 N–H and O–H groups in total. The molecule has 0 radical (unpaired) electrons. The SMILES string of the molecule is CC1c2nc3c(cnn3C3CCCC3)c(=O)n2CCN1Cc1ccc(Cl)cc1. The zero-order valence-corrected chi connectivity index (χ0v) is 16.8. The van der Waals surface area contributed by atoms with Crippen LogP contribution < -0.4 is 5.56 Å². The van der Waals surface area contributed by atoms with Crippen LogP contribution in [0.3, 0.4) is 0 Å². The minimum Gasteiger partial charge on any atom is -0.293 e. The Morgan fingerprint density at radius 3 is 2.64 bits per heavy atom. The standard InChI is InChI=1S/C21H24ClN5O/c1-14-19-24-20-18(12-23-27(20)17-4-2-3-5-17)21(28)26(19)11-10-25(14)13-15-6-8-16(22)9-7-15/h6-9,12,14,17H,2-5,10-11,13H2,1H3. The molecule has 0 saturated heterocycles. The molecule has 2 aromatic heterocycles. The number of aromatic nitrogens is 4. The largest absolute Gasteiger partial charge is 0.293 e. The van der Waals surface area contributed by atoms with Crippen molar-refractivity contribution in [3.8, 4) is 0 Å². The van der Waals surface area contributed by atoms with E-state index in [2.05, 4.69) is 29.1 Å². The fourth-order valence-electron chi connectivity index (χ4n) is 4.61. The van der Waals surface area contributed by atoms with Gasteiger partial charge in [-0.25, -0.2) is 9.67 Å². The van der Waals surface area contributed by atoms with Crippen LogP contribution in [0.5, 0.6) is 0 Å². The first-order chi connectivity index (χ1) is 13.6. The van der Waals surface area contributed by atoms with Gasteiger partial charge in [0.25, 0.3) is 5.56 Å². The number of benzene rings is 1. The summed E-state index contributed by atoms with van der Waals surface area (Å²) >= 11 is 6.01. The summed E-state index contributed by atoms with van der Waals surface area (Å²) in [5.74, 6) is 0.845. The summed E-state index contributed by atoms with van der Waals surface area (Å²) < 4.78 is 3.83. The van der Waals surface area contributed by atoms with Crippen LogP contribution in [0.1, 0.15) is 56.1 Å². The molecule has 1 saturated carbocycles. The minimum absolute atomic E-state index is 0.0437. The molecule has 2 aliphatic rings. The van der Waals surface area contributed by atoms with Crippen LogP contribution in [0.2, 0.25) is 5.02 Å². The van der Waals surface area contributed by atoms with E-state index in [1.54, 1.807) is 6.20 Å². The lowest BCUT2D eigenvalue weighted by molar-refractivity contribution is 0.152. The molecule has 3 aromatic rings. The summed E-state index contributed by atoms with van der Waals surface area (Å²) in [5, 5.41) is 5.94. The predicted molar refractivity (Wildman–Crippen MR) is 110 cm³/mol. The van der Waals surface area contributed by atoms with E-state index in [0.29, 0.717) is 18.0 Å². The van der Waals surface area contributed by atoms with Crippen molar-refractivity contribution in [3.63, 3.8) is 0 Å². The van der Waals surface area contributed by atoms with Gasteiger partial charge >= 0.3 is 0 Å². The lowest BCUT2D eigenvalue weighted by Crippen LogP contribution is -2.42. The molecule has 28 heavy (non-hydrogen) atoms. The first kappa shape index (κ1) is 17.9. The first-order valence-corrected chi connectivity index (χ1v) is 10.5. The highest BCUT2D eigenvalue weighted by Crippen LogP contribution is 2.32. The van der Waals surface area contributed by atoms with Crippen LogP contribution in [-0.2, 0) is 13.1 Å². The van der Waals surface area contributed by atoms with Gasteiger partial charge in [0.1, 0.15) is 11.2 Å². The maximum Gasteiger partial charge on any atom is 0.264 e. The second-order valence-corrected chi connectivity index (χ2v) is 8.40. The number of fused-ring (bicyclic) bond motifs is 2. The average Bonchev–Trinajstić information content (AvgIpc) is 3.36. The van der Waals surface area contributed by atoms with E-state index in [4.69, 9.17) is 16.6 Å². The van der Waals surface area contributed by atoms with Crippen LogP contribution in [0, 0.1) is 0 Å². The molecule has 1 aliphatic carbocycles. The smallest absolute Gasteiger partial charge is 0.264 e. The van der Waals surface area contributed by atoms with Gasteiger partial charge in [0.15, 0.2) is 5.65 Å². The Labute approximate surface area is 168 Å². The van der Waals surface area contributed by atoms with Crippen LogP contribution in [-0.4, -0.2) is 30.8 Å². The van der Waals surface area contributed by atoms with Crippen molar-refractivity contribution in [2.24, 2.45) is 0 Å². The molecule has 1 fully saturated rings. The van der Waals surface area contributed by atoms with Crippen LogP contribution in [0.25, 0.3) is 11.0 Å². The van der Waals surface area contributed by atoms with Gasteiger partial charge in [0.2, 0.25) is 0 Å². The highest BCUT2D eigenvalue weighted by molar-refractivity contribution is 6.30. The minimum atomic E-state index is 0.0437. The Bertz CT molecular complexity index is 1060. The molecule has 146 valence electrons. The second kappa shape index (κ2) is 7.01. The van der Waals surface area contributed by atoms with Gasteiger partial charge in [-0.1, -0.05) is 36.6 Å². The maximum absolute atomic E-state index is 13.1. The molecule has 6 nitrogen and oxygen atoms in total. The van der Waals surface area contributed by atoms with Gasteiger partial charge in [0.05, 0.1) is 18.3 Å². The van der Waals surface area contributed by atoms with Gasteiger partial charge in [0, 0.05) is 24.7 Å². The summed E-state index contributed by atoms with van der Waals surface area (Å²) in [6.45, 7) is 4.42. The van der Waals surface area contributed by atoms with Crippen LogP contribution in [0.15, 0.2) is 35.3 Å². The van der Waals surface area contributed by atoms with Gasteiger partial charge in [-0.15, -0.1) is 0 Å². The van der Waals surface area contributed by atoms with Gasteiger partial charge in [-0.3, -0.25) is 14.3 Å². The van der Waals surface area contributed by atoms with E-state index in [9.17, 15) is 4.79 Å². The highest BCUT2D eigenvalue weighted by atomic mass is 35.5. The first-order valence-electron chi connectivity index (χ1n) is 10.1. The van der Waals surface area contributed by atoms with Gasteiger partial charge < -0.3 is 0 Å². The molecule has 1 atom stereocenters. The van der Waals surface area contributed by atoms with Crippen LogP contribution >= 0.6 is 11.6 Å². The Morgan fingerprint density at radius 1 is 1.14 bits per heavy atom. The molecule has 3 heterocycles. The lowest BCUT2D eigenvalue weighted by atomic mass is 10.1. The molecular formula is C21H24ClN5O.